The van der Waals surface area contributed by atoms with Crippen LogP contribution < -0.4 is 5.32 Å². The predicted octanol–water partition coefficient (Wildman–Crippen LogP) is 4.72. The standard InChI is InChI=1S/C24H28N4OS/c1-17-5-7-19(8-6-17)25-24(29)28-13-9-18(10-14-28)23-26-21-11-15-27(20-3-2-4-20)16-12-22(21)30-23/h2-8,18H,9-16H2,1H3,(H,25,29). The van der Waals surface area contributed by atoms with Crippen molar-refractivity contribution in [2.45, 2.75) is 38.5 Å². The lowest BCUT2D eigenvalue weighted by atomic mass is 9.98. The van der Waals surface area contributed by atoms with E-state index in [-0.39, 0.29) is 6.03 Å². The molecule has 6 heteroatoms. The summed E-state index contributed by atoms with van der Waals surface area (Å²) in [6, 6.07) is 7.97. The fourth-order valence-electron chi connectivity index (χ4n) is 4.38. The van der Waals surface area contributed by atoms with E-state index in [1.165, 1.54) is 26.8 Å². The maximum Gasteiger partial charge on any atom is 0.321 e. The molecule has 1 saturated heterocycles. The number of hydrogen-bond donors (Lipinski definition) is 1. The zero-order chi connectivity index (χ0) is 20.5. The smallest absolute Gasteiger partial charge is 0.321 e. The molecule has 1 fully saturated rings. The van der Waals surface area contributed by atoms with Crippen LogP contribution in [-0.4, -0.2) is 47.0 Å². The third-order valence-corrected chi connectivity index (χ3v) is 7.68. The van der Waals surface area contributed by atoms with Gasteiger partial charge in [-0.2, -0.15) is 0 Å². The van der Waals surface area contributed by atoms with Gasteiger partial charge in [0.15, 0.2) is 0 Å². The van der Waals surface area contributed by atoms with Crippen LogP contribution >= 0.6 is 11.3 Å². The average molecular weight is 421 g/mol. The number of carbonyl (C=O) groups excluding carboxylic acids is 1. The van der Waals surface area contributed by atoms with Crippen LogP contribution in [0.3, 0.4) is 0 Å². The number of urea groups is 1. The zero-order valence-corrected chi connectivity index (χ0v) is 18.3. The van der Waals surface area contributed by atoms with Crippen LogP contribution in [0, 0.1) is 6.92 Å². The van der Waals surface area contributed by atoms with E-state index in [2.05, 4.69) is 28.4 Å². The van der Waals surface area contributed by atoms with Gasteiger partial charge in [-0.25, -0.2) is 9.78 Å². The molecular formula is C24H28N4OS. The summed E-state index contributed by atoms with van der Waals surface area (Å²) in [5.74, 6) is 0.485. The second kappa shape index (κ2) is 8.26. The molecule has 3 heterocycles. The molecule has 0 unspecified atom stereocenters. The summed E-state index contributed by atoms with van der Waals surface area (Å²) in [4.78, 5) is 23.5. The lowest BCUT2D eigenvalue weighted by Gasteiger charge is -2.31. The Kier molecular flexibility index (Phi) is 5.34. The molecule has 1 aromatic heterocycles. The van der Waals surface area contributed by atoms with E-state index >= 15 is 0 Å². The number of fused-ring (bicyclic) bond motifs is 1. The van der Waals surface area contributed by atoms with Crippen LogP contribution in [0.1, 0.15) is 39.9 Å². The Morgan fingerprint density at radius 1 is 1.10 bits per heavy atom. The van der Waals surface area contributed by atoms with E-state index < -0.39 is 0 Å². The van der Waals surface area contributed by atoms with Gasteiger partial charge in [0.2, 0.25) is 0 Å². The number of anilines is 1. The molecule has 2 amide bonds. The van der Waals surface area contributed by atoms with Crippen molar-refractivity contribution in [1.82, 2.24) is 14.8 Å². The van der Waals surface area contributed by atoms with E-state index in [1.54, 1.807) is 0 Å². The molecule has 0 bridgehead atoms. The minimum absolute atomic E-state index is 0.00617. The van der Waals surface area contributed by atoms with Crippen molar-refractivity contribution in [1.29, 1.82) is 0 Å². The Labute approximate surface area is 182 Å². The maximum absolute atomic E-state index is 12.6. The van der Waals surface area contributed by atoms with Crippen molar-refractivity contribution >= 4 is 23.1 Å². The van der Waals surface area contributed by atoms with Gasteiger partial charge in [-0.15, -0.1) is 11.3 Å². The first-order valence-corrected chi connectivity index (χ1v) is 11.7. The van der Waals surface area contributed by atoms with Crippen molar-refractivity contribution in [3.05, 3.63) is 69.3 Å². The van der Waals surface area contributed by atoms with E-state index in [1.807, 2.05) is 47.4 Å². The Balaban J connectivity index is 1.15. The maximum atomic E-state index is 12.6. The first-order valence-electron chi connectivity index (χ1n) is 10.9. The molecule has 5 rings (SSSR count). The number of aryl methyl sites for hydroxylation is 1. The van der Waals surface area contributed by atoms with E-state index in [0.717, 1.165) is 57.5 Å². The second-order valence-electron chi connectivity index (χ2n) is 8.42. The summed E-state index contributed by atoms with van der Waals surface area (Å²) < 4.78 is 0. The topological polar surface area (TPSA) is 48.5 Å². The van der Waals surface area contributed by atoms with Gasteiger partial charge in [0.25, 0.3) is 0 Å². The van der Waals surface area contributed by atoms with Gasteiger partial charge in [-0.1, -0.05) is 23.8 Å². The van der Waals surface area contributed by atoms with Crippen LogP contribution in [0.15, 0.2) is 48.2 Å². The van der Waals surface area contributed by atoms with Crippen molar-refractivity contribution in [2.75, 3.05) is 31.5 Å². The summed E-state index contributed by atoms with van der Waals surface area (Å²) in [6.07, 6.45) is 10.6. The van der Waals surface area contributed by atoms with Gasteiger partial charge in [-0.3, -0.25) is 0 Å². The molecular weight excluding hydrogens is 392 g/mol. The number of thiazole rings is 1. The molecule has 156 valence electrons. The highest BCUT2D eigenvalue weighted by atomic mass is 32.1. The largest absolute Gasteiger partial charge is 0.371 e. The Hall–Kier alpha value is -2.60. The Morgan fingerprint density at radius 2 is 1.83 bits per heavy atom. The molecule has 3 aliphatic rings. The number of nitrogens with one attached hydrogen (secondary N) is 1. The number of hydrogen-bond acceptors (Lipinski definition) is 4. The fraction of sp³-hybridized carbons (Fsp3) is 0.417. The second-order valence-corrected chi connectivity index (χ2v) is 9.53. The molecule has 5 nitrogen and oxygen atoms in total. The summed E-state index contributed by atoms with van der Waals surface area (Å²) in [6.45, 7) is 5.78. The molecule has 0 spiro atoms. The first-order chi connectivity index (χ1) is 14.7. The number of likely N-dealkylation sites (tertiary alicyclic amines) is 1. The summed E-state index contributed by atoms with van der Waals surface area (Å²) in [5, 5.41) is 4.31. The van der Waals surface area contributed by atoms with Gasteiger partial charge in [-0.05, 0) is 44.1 Å². The van der Waals surface area contributed by atoms with Crippen molar-refractivity contribution < 1.29 is 4.79 Å². The van der Waals surface area contributed by atoms with Gasteiger partial charge >= 0.3 is 6.03 Å². The quantitative estimate of drug-likeness (QED) is 0.782. The van der Waals surface area contributed by atoms with Crippen molar-refractivity contribution in [3.8, 4) is 0 Å². The minimum atomic E-state index is 0.00617. The van der Waals surface area contributed by atoms with Crippen LogP contribution in [0.4, 0.5) is 10.5 Å². The number of aromatic nitrogens is 1. The van der Waals surface area contributed by atoms with Crippen LogP contribution in [0.5, 0.6) is 0 Å². The van der Waals surface area contributed by atoms with Gasteiger partial charge in [0.1, 0.15) is 0 Å². The molecule has 30 heavy (non-hydrogen) atoms. The number of amides is 2. The third kappa shape index (κ3) is 4.01. The molecule has 0 atom stereocenters. The average Bonchev–Trinajstić information content (AvgIpc) is 3.04. The third-order valence-electron chi connectivity index (χ3n) is 6.36. The highest BCUT2D eigenvalue weighted by molar-refractivity contribution is 7.11. The number of carbonyl (C=O) groups is 1. The molecule has 0 radical (unpaired) electrons. The van der Waals surface area contributed by atoms with E-state index in [9.17, 15) is 4.79 Å². The molecule has 1 aromatic carbocycles. The van der Waals surface area contributed by atoms with Crippen LogP contribution in [0.2, 0.25) is 0 Å². The highest BCUT2D eigenvalue weighted by Gasteiger charge is 2.28. The molecule has 2 aromatic rings. The first kappa shape index (κ1) is 19.4. The van der Waals surface area contributed by atoms with Gasteiger partial charge < -0.3 is 15.1 Å². The minimum Gasteiger partial charge on any atom is -0.371 e. The predicted molar refractivity (Wildman–Crippen MR) is 122 cm³/mol. The summed E-state index contributed by atoms with van der Waals surface area (Å²) >= 11 is 1.91. The lowest BCUT2D eigenvalue weighted by molar-refractivity contribution is 0.194. The molecule has 1 aliphatic carbocycles. The summed E-state index contributed by atoms with van der Waals surface area (Å²) in [5.41, 5.74) is 4.72. The highest BCUT2D eigenvalue weighted by Crippen LogP contribution is 2.34. The van der Waals surface area contributed by atoms with Crippen LogP contribution in [0.25, 0.3) is 0 Å². The normalized spacial score (nSPS) is 19.0. The van der Waals surface area contributed by atoms with E-state index in [4.69, 9.17) is 4.98 Å². The number of nitrogens with zero attached hydrogens (tertiary/aromatic N) is 3. The Bertz CT molecular complexity index is 958. The van der Waals surface area contributed by atoms with Gasteiger partial charge in [0.05, 0.1) is 10.7 Å². The number of allylic oxidation sites excluding steroid dienone is 3. The molecule has 2 aliphatic heterocycles. The lowest BCUT2D eigenvalue weighted by Crippen LogP contribution is -2.40. The SMILES string of the molecule is Cc1ccc(NC(=O)N2CCC(c3nc4c(s3)CCN(C3=CC=C3)CC4)CC2)cc1. The van der Waals surface area contributed by atoms with Crippen LogP contribution in [-0.2, 0) is 12.8 Å². The summed E-state index contributed by atoms with van der Waals surface area (Å²) in [7, 11) is 0. The molecule has 1 N–H and O–H groups in total. The fourth-order valence-corrected chi connectivity index (χ4v) is 5.65. The van der Waals surface area contributed by atoms with Gasteiger partial charge in [0, 0.05) is 61.2 Å². The van der Waals surface area contributed by atoms with E-state index in [0.29, 0.717) is 5.92 Å². The zero-order valence-electron chi connectivity index (χ0n) is 17.4. The number of piperidine rings is 1. The Morgan fingerprint density at radius 3 is 2.53 bits per heavy atom. The number of rotatable bonds is 3. The van der Waals surface area contributed by atoms with Crippen molar-refractivity contribution in [3.63, 3.8) is 0 Å². The molecule has 0 saturated carbocycles. The van der Waals surface area contributed by atoms with Crippen molar-refractivity contribution in [2.24, 2.45) is 0 Å². The monoisotopic (exact) mass is 420 g/mol. The number of benzene rings is 1.